The first-order valence-corrected chi connectivity index (χ1v) is 2.85. The van der Waals surface area contributed by atoms with E-state index in [0.29, 0.717) is 12.1 Å². The van der Waals surface area contributed by atoms with Gasteiger partial charge in [-0.3, -0.25) is 10.1 Å². The van der Waals surface area contributed by atoms with Crippen molar-refractivity contribution in [1.82, 2.24) is 0 Å². The SMILES string of the molecule is O=[N+]([O-])c1ccc(F)c(O)c1F. The Labute approximate surface area is 65.2 Å². The molecule has 1 aromatic carbocycles. The number of hydrogen-bond donors (Lipinski definition) is 1. The number of aromatic hydroxyl groups is 1. The van der Waals surface area contributed by atoms with Gasteiger partial charge in [0.1, 0.15) is 0 Å². The topological polar surface area (TPSA) is 63.4 Å². The zero-order valence-electron chi connectivity index (χ0n) is 5.62. The van der Waals surface area contributed by atoms with Crippen molar-refractivity contribution in [2.75, 3.05) is 0 Å². The highest BCUT2D eigenvalue weighted by atomic mass is 19.1. The van der Waals surface area contributed by atoms with Crippen molar-refractivity contribution in [1.29, 1.82) is 0 Å². The van der Waals surface area contributed by atoms with Gasteiger partial charge in [0, 0.05) is 6.07 Å². The van der Waals surface area contributed by atoms with Gasteiger partial charge in [0.15, 0.2) is 11.6 Å². The van der Waals surface area contributed by atoms with Gasteiger partial charge in [-0.1, -0.05) is 0 Å². The normalized spacial score (nSPS) is 9.83. The first kappa shape index (κ1) is 8.38. The molecule has 0 fully saturated rings. The van der Waals surface area contributed by atoms with Crippen LogP contribution in [0.2, 0.25) is 0 Å². The summed E-state index contributed by atoms with van der Waals surface area (Å²) < 4.78 is 24.9. The molecular weight excluding hydrogens is 172 g/mol. The summed E-state index contributed by atoms with van der Waals surface area (Å²) in [5.74, 6) is -4.11. The molecule has 12 heavy (non-hydrogen) atoms. The Morgan fingerprint density at radius 1 is 1.42 bits per heavy atom. The summed E-state index contributed by atoms with van der Waals surface area (Å²) in [5.41, 5.74) is -0.950. The van der Waals surface area contributed by atoms with E-state index in [1.807, 2.05) is 0 Å². The second-order valence-electron chi connectivity index (χ2n) is 1.99. The second-order valence-corrected chi connectivity index (χ2v) is 1.99. The molecule has 0 aromatic heterocycles. The van der Waals surface area contributed by atoms with E-state index in [1.54, 1.807) is 0 Å². The molecule has 0 atom stereocenters. The van der Waals surface area contributed by atoms with Gasteiger partial charge in [0.2, 0.25) is 5.82 Å². The quantitative estimate of drug-likeness (QED) is 0.520. The highest BCUT2D eigenvalue weighted by molar-refractivity contribution is 5.40. The van der Waals surface area contributed by atoms with Gasteiger partial charge in [-0.05, 0) is 6.07 Å². The molecule has 0 bridgehead atoms. The van der Waals surface area contributed by atoms with Gasteiger partial charge >= 0.3 is 5.69 Å². The van der Waals surface area contributed by atoms with Crippen molar-refractivity contribution in [3.05, 3.63) is 33.9 Å². The minimum absolute atomic E-state index is 0.622. The third-order valence-electron chi connectivity index (χ3n) is 1.24. The van der Waals surface area contributed by atoms with E-state index in [4.69, 9.17) is 5.11 Å². The molecule has 0 saturated heterocycles. The van der Waals surface area contributed by atoms with Crippen LogP contribution >= 0.6 is 0 Å². The lowest BCUT2D eigenvalue weighted by molar-refractivity contribution is -0.387. The van der Waals surface area contributed by atoms with Gasteiger partial charge < -0.3 is 5.11 Å². The zero-order valence-corrected chi connectivity index (χ0v) is 5.62. The first-order chi connectivity index (χ1) is 5.54. The van der Waals surface area contributed by atoms with E-state index < -0.39 is 28.0 Å². The molecule has 0 heterocycles. The van der Waals surface area contributed by atoms with Crippen molar-refractivity contribution in [2.45, 2.75) is 0 Å². The fourth-order valence-electron chi connectivity index (χ4n) is 0.671. The monoisotopic (exact) mass is 175 g/mol. The summed E-state index contributed by atoms with van der Waals surface area (Å²) in [6.45, 7) is 0. The van der Waals surface area contributed by atoms with Crippen LogP contribution in [0.25, 0.3) is 0 Å². The van der Waals surface area contributed by atoms with Crippen molar-refractivity contribution in [2.24, 2.45) is 0 Å². The Morgan fingerprint density at radius 3 is 2.50 bits per heavy atom. The Bertz CT molecular complexity index is 340. The lowest BCUT2D eigenvalue weighted by Crippen LogP contribution is -1.93. The number of nitro groups is 1. The summed E-state index contributed by atoms with van der Waals surface area (Å²) in [6.07, 6.45) is 0. The lowest BCUT2D eigenvalue weighted by atomic mass is 10.3. The maximum Gasteiger partial charge on any atom is 0.308 e. The van der Waals surface area contributed by atoms with Gasteiger partial charge in [-0.15, -0.1) is 0 Å². The number of nitro benzene ring substituents is 1. The van der Waals surface area contributed by atoms with E-state index in [9.17, 15) is 18.9 Å². The fourth-order valence-corrected chi connectivity index (χ4v) is 0.671. The second kappa shape index (κ2) is 2.72. The summed E-state index contributed by atoms with van der Waals surface area (Å²) in [4.78, 5) is 8.97. The average Bonchev–Trinajstić information content (AvgIpc) is 2.00. The van der Waals surface area contributed by atoms with Crippen molar-refractivity contribution >= 4 is 5.69 Å². The zero-order chi connectivity index (χ0) is 9.30. The maximum absolute atomic E-state index is 12.6. The van der Waals surface area contributed by atoms with E-state index in [2.05, 4.69) is 0 Å². The molecule has 0 unspecified atom stereocenters. The number of benzene rings is 1. The minimum Gasteiger partial charge on any atom is -0.503 e. The number of phenols is 1. The van der Waals surface area contributed by atoms with Gasteiger partial charge in [0.05, 0.1) is 4.92 Å². The van der Waals surface area contributed by atoms with E-state index in [-0.39, 0.29) is 0 Å². The predicted molar refractivity (Wildman–Crippen MR) is 34.7 cm³/mol. The van der Waals surface area contributed by atoms with Crippen molar-refractivity contribution in [3.63, 3.8) is 0 Å². The summed E-state index contributed by atoms with van der Waals surface area (Å²) in [6, 6.07) is 1.26. The molecule has 64 valence electrons. The lowest BCUT2D eigenvalue weighted by Gasteiger charge is -1.96. The van der Waals surface area contributed by atoms with Crippen LogP contribution < -0.4 is 0 Å². The molecule has 0 amide bonds. The Hall–Kier alpha value is -1.72. The standard InChI is InChI=1S/C6H3F2NO3/c7-3-1-2-4(9(11)12)5(8)6(3)10/h1-2,10H. The predicted octanol–water partition coefficient (Wildman–Crippen LogP) is 1.58. The maximum atomic E-state index is 12.6. The highest BCUT2D eigenvalue weighted by Gasteiger charge is 2.20. The largest absolute Gasteiger partial charge is 0.503 e. The Kier molecular flexibility index (Phi) is 1.90. The molecule has 0 saturated carbocycles. The Balaban J connectivity index is 3.36. The summed E-state index contributed by atoms with van der Waals surface area (Å²) >= 11 is 0. The molecular formula is C6H3F2NO3. The van der Waals surface area contributed by atoms with E-state index >= 15 is 0 Å². The number of nitrogens with zero attached hydrogens (tertiary/aromatic N) is 1. The average molecular weight is 175 g/mol. The molecule has 0 aliphatic rings. The molecule has 6 heteroatoms. The van der Waals surface area contributed by atoms with E-state index in [1.165, 1.54) is 0 Å². The number of halogens is 2. The van der Waals surface area contributed by atoms with Crippen LogP contribution in [0.4, 0.5) is 14.5 Å². The number of rotatable bonds is 1. The van der Waals surface area contributed by atoms with Gasteiger partial charge in [0.25, 0.3) is 0 Å². The molecule has 0 radical (unpaired) electrons. The van der Waals surface area contributed by atoms with Gasteiger partial charge in [-0.25, -0.2) is 4.39 Å². The molecule has 0 aliphatic carbocycles. The van der Waals surface area contributed by atoms with Crippen LogP contribution in [-0.2, 0) is 0 Å². The van der Waals surface area contributed by atoms with Crippen LogP contribution in [-0.4, -0.2) is 10.0 Å². The van der Waals surface area contributed by atoms with E-state index in [0.717, 1.165) is 0 Å². The minimum atomic E-state index is -1.56. The van der Waals surface area contributed by atoms with Crippen LogP contribution in [0.3, 0.4) is 0 Å². The third-order valence-corrected chi connectivity index (χ3v) is 1.24. The van der Waals surface area contributed by atoms with Crippen LogP contribution in [0, 0.1) is 21.7 Å². The number of phenolic OH excluding ortho intramolecular Hbond substituents is 1. The van der Waals surface area contributed by atoms with Crippen LogP contribution in [0.15, 0.2) is 12.1 Å². The fraction of sp³-hybridized carbons (Fsp3) is 0. The molecule has 4 nitrogen and oxygen atoms in total. The highest BCUT2D eigenvalue weighted by Crippen LogP contribution is 2.27. The third kappa shape index (κ3) is 1.18. The first-order valence-electron chi connectivity index (χ1n) is 2.85. The van der Waals surface area contributed by atoms with Crippen molar-refractivity contribution in [3.8, 4) is 5.75 Å². The molecule has 0 spiro atoms. The van der Waals surface area contributed by atoms with Gasteiger partial charge in [-0.2, -0.15) is 4.39 Å². The number of hydrogen-bond acceptors (Lipinski definition) is 3. The molecule has 1 rings (SSSR count). The molecule has 1 aromatic rings. The molecule has 1 N–H and O–H groups in total. The smallest absolute Gasteiger partial charge is 0.308 e. The van der Waals surface area contributed by atoms with Crippen LogP contribution in [0.5, 0.6) is 5.75 Å². The van der Waals surface area contributed by atoms with Crippen molar-refractivity contribution < 1.29 is 18.8 Å². The molecule has 0 aliphatic heterocycles. The summed E-state index contributed by atoms with van der Waals surface area (Å²) in [5, 5.41) is 18.6. The van der Waals surface area contributed by atoms with Crippen LogP contribution in [0.1, 0.15) is 0 Å². The summed E-state index contributed by atoms with van der Waals surface area (Å²) in [7, 11) is 0. The Morgan fingerprint density at radius 2 is 2.00 bits per heavy atom.